The van der Waals surface area contributed by atoms with Gasteiger partial charge in [-0.2, -0.15) is 13.9 Å². The van der Waals surface area contributed by atoms with Gasteiger partial charge in [0.05, 0.1) is 17.6 Å². The van der Waals surface area contributed by atoms with Crippen LogP contribution in [0, 0.1) is 0 Å². The average molecular weight is 564 g/mol. The maximum atomic E-state index is 13.1. The molecule has 198 valence electrons. The van der Waals surface area contributed by atoms with E-state index >= 15 is 0 Å². The molecule has 38 heavy (non-hydrogen) atoms. The number of hydrogen-bond acceptors (Lipinski definition) is 8. The monoisotopic (exact) mass is 563 g/mol. The largest absolute Gasteiger partial charge is 0.484 e. The second-order valence-electron chi connectivity index (χ2n) is 7.83. The van der Waals surface area contributed by atoms with Crippen LogP contribution in [0.15, 0.2) is 61.1 Å². The Morgan fingerprint density at radius 1 is 1.16 bits per heavy atom. The SMILES string of the molecule is CC(Oc1cc(-c2[nH]nc(Nc3cnccn3)c2C(N)=O)ccc1NS(=O)(=O)C(F)F)c1ccc(Cl)cc1. The van der Waals surface area contributed by atoms with E-state index in [-0.39, 0.29) is 28.5 Å². The minimum Gasteiger partial charge on any atom is -0.484 e. The highest BCUT2D eigenvalue weighted by molar-refractivity contribution is 7.93. The topological polar surface area (TPSA) is 165 Å². The zero-order valence-electron chi connectivity index (χ0n) is 19.5. The fourth-order valence-corrected chi connectivity index (χ4v) is 4.11. The molecule has 1 atom stereocenters. The van der Waals surface area contributed by atoms with Crippen molar-refractivity contribution in [1.29, 1.82) is 0 Å². The fraction of sp³-hybridized carbons (Fsp3) is 0.130. The van der Waals surface area contributed by atoms with Gasteiger partial charge < -0.3 is 15.8 Å². The van der Waals surface area contributed by atoms with Gasteiger partial charge in [0.25, 0.3) is 15.9 Å². The number of anilines is 3. The van der Waals surface area contributed by atoms with Gasteiger partial charge in [-0.15, -0.1) is 0 Å². The number of aromatic amines is 1. The molecule has 0 fully saturated rings. The second-order valence-corrected chi connectivity index (χ2v) is 9.92. The van der Waals surface area contributed by atoms with E-state index in [0.717, 1.165) is 0 Å². The first kappa shape index (κ1) is 26.8. The molecule has 0 aliphatic heterocycles. The molecule has 0 aliphatic rings. The van der Waals surface area contributed by atoms with E-state index < -0.39 is 27.8 Å². The van der Waals surface area contributed by atoms with Crippen LogP contribution in [0.3, 0.4) is 0 Å². The van der Waals surface area contributed by atoms with Crippen LogP contribution in [0.25, 0.3) is 11.3 Å². The molecule has 0 aliphatic carbocycles. The number of carbonyl (C=O) groups is 1. The number of aromatic nitrogens is 4. The molecule has 1 unspecified atom stereocenters. The molecule has 4 aromatic rings. The van der Waals surface area contributed by atoms with Crippen LogP contribution in [0.4, 0.5) is 26.1 Å². The van der Waals surface area contributed by atoms with Gasteiger partial charge in [-0.1, -0.05) is 29.8 Å². The molecule has 2 heterocycles. The zero-order chi connectivity index (χ0) is 27.4. The van der Waals surface area contributed by atoms with Crippen LogP contribution in [0.2, 0.25) is 5.02 Å². The predicted octanol–water partition coefficient (Wildman–Crippen LogP) is 4.47. The Morgan fingerprint density at radius 2 is 1.89 bits per heavy atom. The summed E-state index contributed by atoms with van der Waals surface area (Å²) in [6.45, 7) is 1.68. The van der Waals surface area contributed by atoms with Crippen molar-refractivity contribution < 1.29 is 26.7 Å². The van der Waals surface area contributed by atoms with Crippen molar-refractivity contribution >= 4 is 44.9 Å². The lowest BCUT2D eigenvalue weighted by Crippen LogP contribution is -2.21. The molecule has 4 rings (SSSR count). The third-order valence-electron chi connectivity index (χ3n) is 5.22. The van der Waals surface area contributed by atoms with Crippen molar-refractivity contribution in [1.82, 2.24) is 20.2 Å². The number of H-pyrrole nitrogens is 1. The summed E-state index contributed by atoms with van der Waals surface area (Å²) >= 11 is 5.94. The summed E-state index contributed by atoms with van der Waals surface area (Å²) in [5, 5.41) is 10.1. The van der Waals surface area contributed by atoms with E-state index in [1.54, 1.807) is 31.2 Å². The Balaban J connectivity index is 1.76. The second kappa shape index (κ2) is 11.0. The van der Waals surface area contributed by atoms with Crippen LogP contribution >= 0.6 is 11.6 Å². The Labute approximate surface area is 220 Å². The van der Waals surface area contributed by atoms with E-state index in [2.05, 4.69) is 25.5 Å². The molecule has 1 amide bonds. The highest BCUT2D eigenvalue weighted by atomic mass is 35.5. The van der Waals surface area contributed by atoms with Gasteiger partial charge in [0.15, 0.2) is 5.82 Å². The third-order valence-corrected chi connectivity index (χ3v) is 6.45. The van der Waals surface area contributed by atoms with Gasteiger partial charge in [0.1, 0.15) is 23.2 Å². The number of nitrogens with one attached hydrogen (secondary N) is 3. The van der Waals surface area contributed by atoms with Crippen molar-refractivity contribution in [3.05, 3.63) is 77.2 Å². The Morgan fingerprint density at radius 3 is 2.53 bits per heavy atom. The maximum Gasteiger partial charge on any atom is 0.355 e. The number of alkyl halides is 2. The number of rotatable bonds is 10. The Hall–Kier alpha value is -4.30. The van der Waals surface area contributed by atoms with Gasteiger partial charge in [-0.25, -0.2) is 13.4 Å². The number of amides is 1. The van der Waals surface area contributed by atoms with Crippen LogP contribution in [0.1, 0.15) is 28.9 Å². The van der Waals surface area contributed by atoms with Gasteiger partial charge in [0.2, 0.25) is 0 Å². The molecular formula is C23H20ClF2N7O4S. The molecule has 11 nitrogen and oxygen atoms in total. The number of nitrogens with zero attached hydrogens (tertiary/aromatic N) is 3. The number of halogens is 3. The lowest BCUT2D eigenvalue weighted by atomic mass is 10.1. The highest BCUT2D eigenvalue weighted by Gasteiger charge is 2.27. The Kier molecular flexibility index (Phi) is 7.73. The first-order valence-corrected chi connectivity index (χ1v) is 12.7. The molecule has 2 aromatic carbocycles. The number of nitrogens with two attached hydrogens (primary N) is 1. The van der Waals surface area contributed by atoms with Crippen molar-refractivity contribution in [2.45, 2.75) is 18.8 Å². The predicted molar refractivity (Wildman–Crippen MR) is 137 cm³/mol. The van der Waals surface area contributed by atoms with Crippen LogP contribution in [-0.2, 0) is 10.0 Å². The number of benzene rings is 2. The third kappa shape index (κ3) is 5.98. The summed E-state index contributed by atoms with van der Waals surface area (Å²) in [5.41, 5.74) is 6.48. The van der Waals surface area contributed by atoms with Gasteiger partial charge >= 0.3 is 5.76 Å². The van der Waals surface area contributed by atoms with Crippen LogP contribution in [-0.4, -0.2) is 40.2 Å². The zero-order valence-corrected chi connectivity index (χ0v) is 21.1. The molecular weight excluding hydrogens is 544 g/mol. The van der Waals surface area contributed by atoms with E-state index in [1.165, 1.54) is 36.8 Å². The lowest BCUT2D eigenvalue weighted by molar-refractivity contribution is 0.100. The summed E-state index contributed by atoms with van der Waals surface area (Å²) < 4.78 is 57.7. The first-order valence-electron chi connectivity index (χ1n) is 10.8. The van der Waals surface area contributed by atoms with Gasteiger partial charge in [-0.05, 0) is 36.8 Å². The number of primary amides is 1. The van der Waals surface area contributed by atoms with Gasteiger partial charge in [0, 0.05) is 23.0 Å². The quantitative estimate of drug-likeness (QED) is 0.219. The fourth-order valence-electron chi connectivity index (χ4n) is 3.42. The number of hydrogen-bond donors (Lipinski definition) is 4. The molecule has 0 radical (unpaired) electrons. The minimum atomic E-state index is -5.01. The van der Waals surface area contributed by atoms with E-state index in [0.29, 0.717) is 22.0 Å². The molecule has 2 aromatic heterocycles. The normalized spacial score (nSPS) is 12.2. The lowest BCUT2D eigenvalue weighted by Gasteiger charge is -2.19. The summed E-state index contributed by atoms with van der Waals surface area (Å²) in [7, 11) is -5.01. The highest BCUT2D eigenvalue weighted by Crippen LogP contribution is 2.37. The van der Waals surface area contributed by atoms with Crippen molar-refractivity contribution in [3.63, 3.8) is 0 Å². The number of sulfonamides is 1. The maximum absolute atomic E-state index is 13.1. The van der Waals surface area contributed by atoms with E-state index in [4.69, 9.17) is 22.1 Å². The van der Waals surface area contributed by atoms with Gasteiger partial charge in [-0.3, -0.25) is 19.6 Å². The summed E-state index contributed by atoms with van der Waals surface area (Å²) in [4.78, 5) is 20.3. The Bertz CT molecular complexity index is 1550. The molecule has 0 saturated carbocycles. The standard InChI is InChI=1S/C23H20ClF2N7O4S/c1-12(13-2-5-15(24)6-3-13)37-17-10-14(4-7-16(17)33-38(35,36)23(25)26)20-19(21(27)34)22(32-31-20)30-18-11-28-8-9-29-18/h2-12,23,33H,1H3,(H2,27,34)(H2,29,30,31,32). The van der Waals surface area contributed by atoms with E-state index in [1.807, 2.05) is 4.72 Å². The molecule has 5 N–H and O–H groups in total. The van der Waals surface area contributed by atoms with Crippen LogP contribution < -0.4 is 20.5 Å². The molecule has 15 heteroatoms. The van der Waals surface area contributed by atoms with Crippen molar-refractivity contribution in [2.75, 3.05) is 10.0 Å². The number of carbonyl (C=O) groups excluding carboxylic acids is 1. The minimum absolute atomic E-state index is 0.0340. The summed E-state index contributed by atoms with van der Waals surface area (Å²) in [6.07, 6.45) is 3.66. The molecule has 0 spiro atoms. The van der Waals surface area contributed by atoms with E-state index in [9.17, 15) is 22.0 Å². The molecule has 0 bridgehead atoms. The summed E-state index contributed by atoms with van der Waals surface area (Å²) in [6, 6.07) is 10.7. The van der Waals surface area contributed by atoms with Crippen molar-refractivity contribution in [3.8, 4) is 17.0 Å². The average Bonchev–Trinajstić information content (AvgIpc) is 3.29. The van der Waals surface area contributed by atoms with Crippen molar-refractivity contribution in [2.24, 2.45) is 5.73 Å². The smallest absolute Gasteiger partial charge is 0.355 e. The summed E-state index contributed by atoms with van der Waals surface area (Å²) in [5.74, 6) is -4.24. The number of ether oxygens (including phenoxy) is 1. The molecule has 0 saturated heterocycles. The van der Waals surface area contributed by atoms with Crippen LogP contribution in [0.5, 0.6) is 5.75 Å². The first-order chi connectivity index (χ1) is 18.0.